The Bertz CT molecular complexity index is 492. The van der Waals surface area contributed by atoms with E-state index in [-0.39, 0.29) is 12.0 Å². The number of carbonyl (C=O) groups is 1. The largest absolute Gasteiger partial charge is 0.392 e. The molecule has 0 aromatic heterocycles. The van der Waals surface area contributed by atoms with Crippen molar-refractivity contribution in [1.29, 1.82) is 0 Å². The summed E-state index contributed by atoms with van der Waals surface area (Å²) in [5, 5.41) is 12.9. The molecule has 0 radical (unpaired) electrons. The normalized spacial score (nSPS) is 15.9. The van der Waals surface area contributed by atoms with Crippen LogP contribution in [0.3, 0.4) is 0 Å². The molecular formula is C18H28N2O2. The molecule has 1 aliphatic carbocycles. The molecule has 22 heavy (non-hydrogen) atoms. The van der Waals surface area contributed by atoms with Crippen molar-refractivity contribution in [2.24, 2.45) is 5.92 Å². The molecule has 0 bridgehead atoms. The maximum absolute atomic E-state index is 12.1. The molecule has 1 atom stereocenters. The molecule has 0 saturated heterocycles. The minimum atomic E-state index is -0.201. The molecule has 4 nitrogen and oxygen atoms in total. The van der Waals surface area contributed by atoms with E-state index < -0.39 is 0 Å². The van der Waals surface area contributed by atoms with Crippen LogP contribution in [0.25, 0.3) is 0 Å². The SMILES string of the molecule is Cc1cccc(C)c1NC(=O)CCCN(C)CC(O)C1CC1. The van der Waals surface area contributed by atoms with Gasteiger partial charge in [-0.05, 0) is 63.7 Å². The number of likely N-dealkylation sites (N-methyl/N-ethyl adjacent to an activating group) is 1. The summed E-state index contributed by atoms with van der Waals surface area (Å²) in [5.41, 5.74) is 3.13. The second-order valence-corrected chi connectivity index (χ2v) is 6.59. The van der Waals surface area contributed by atoms with Crippen molar-refractivity contribution >= 4 is 11.6 Å². The Morgan fingerprint density at radius 3 is 2.59 bits per heavy atom. The Morgan fingerprint density at radius 1 is 1.36 bits per heavy atom. The maximum Gasteiger partial charge on any atom is 0.224 e. The fourth-order valence-corrected chi connectivity index (χ4v) is 2.76. The number of amides is 1. The van der Waals surface area contributed by atoms with Gasteiger partial charge >= 0.3 is 0 Å². The molecule has 1 aliphatic rings. The molecule has 1 fully saturated rings. The third-order valence-corrected chi connectivity index (χ3v) is 4.35. The van der Waals surface area contributed by atoms with Crippen molar-refractivity contribution in [3.8, 4) is 0 Å². The Labute approximate surface area is 133 Å². The van der Waals surface area contributed by atoms with Crippen molar-refractivity contribution in [3.05, 3.63) is 29.3 Å². The van der Waals surface area contributed by atoms with Gasteiger partial charge < -0.3 is 15.3 Å². The lowest BCUT2D eigenvalue weighted by Crippen LogP contribution is -2.31. The zero-order valence-electron chi connectivity index (χ0n) is 13.9. The summed E-state index contributed by atoms with van der Waals surface area (Å²) in [6, 6.07) is 6.02. The van der Waals surface area contributed by atoms with Gasteiger partial charge in [0.15, 0.2) is 0 Å². The number of anilines is 1. The minimum Gasteiger partial charge on any atom is -0.392 e. The van der Waals surface area contributed by atoms with Crippen LogP contribution in [0.2, 0.25) is 0 Å². The number of rotatable bonds is 8. The summed E-state index contributed by atoms with van der Waals surface area (Å²) in [6.07, 6.45) is 3.44. The van der Waals surface area contributed by atoms with Crippen molar-refractivity contribution in [2.45, 2.75) is 45.6 Å². The number of para-hydroxylation sites is 1. The number of aliphatic hydroxyl groups excluding tert-OH is 1. The summed E-state index contributed by atoms with van der Waals surface area (Å²) in [7, 11) is 2.01. The Morgan fingerprint density at radius 2 is 2.00 bits per heavy atom. The van der Waals surface area contributed by atoms with Gasteiger partial charge in [0, 0.05) is 18.7 Å². The van der Waals surface area contributed by atoms with Crippen LogP contribution in [0, 0.1) is 19.8 Å². The van der Waals surface area contributed by atoms with E-state index in [9.17, 15) is 9.90 Å². The first-order valence-corrected chi connectivity index (χ1v) is 8.20. The highest BCUT2D eigenvalue weighted by atomic mass is 16.3. The van der Waals surface area contributed by atoms with E-state index in [2.05, 4.69) is 10.2 Å². The van der Waals surface area contributed by atoms with Crippen LogP contribution in [0.4, 0.5) is 5.69 Å². The van der Waals surface area contributed by atoms with E-state index in [0.717, 1.165) is 42.6 Å². The monoisotopic (exact) mass is 304 g/mol. The molecular weight excluding hydrogens is 276 g/mol. The van der Waals surface area contributed by atoms with E-state index >= 15 is 0 Å². The van der Waals surface area contributed by atoms with Crippen LogP contribution in [0.15, 0.2) is 18.2 Å². The van der Waals surface area contributed by atoms with Crippen molar-refractivity contribution in [2.75, 3.05) is 25.5 Å². The minimum absolute atomic E-state index is 0.0635. The topological polar surface area (TPSA) is 52.6 Å². The summed E-state index contributed by atoms with van der Waals surface area (Å²) < 4.78 is 0. The number of nitrogens with zero attached hydrogens (tertiary/aromatic N) is 1. The number of carbonyl (C=O) groups excluding carboxylic acids is 1. The van der Waals surface area contributed by atoms with Crippen LogP contribution >= 0.6 is 0 Å². The lowest BCUT2D eigenvalue weighted by Gasteiger charge is -2.20. The summed E-state index contributed by atoms with van der Waals surface area (Å²) in [5.74, 6) is 0.573. The fraction of sp³-hybridized carbons (Fsp3) is 0.611. The molecule has 2 rings (SSSR count). The number of nitrogens with one attached hydrogen (secondary N) is 1. The van der Waals surface area contributed by atoms with Crippen molar-refractivity contribution < 1.29 is 9.90 Å². The van der Waals surface area contributed by atoms with E-state index in [1.54, 1.807) is 0 Å². The van der Waals surface area contributed by atoms with Crippen molar-refractivity contribution in [1.82, 2.24) is 4.90 Å². The molecule has 4 heteroatoms. The number of aliphatic hydroxyl groups is 1. The average Bonchev–Trinajstić information content (AvgIpc) is 3.27. The lowest BCUT2D eigenvalue weighted by molar-refractivity contribution is -0.116. The van der Waals surface area contributed by atoms with E-state index in [1.807, 2.05) is 39.1 Å². The molecule has 1 saturated carbocycles. The zero-order valence-corrected chi connectivity index (χ0v) is 13.9. The highest BCUT2D eigenvalue weighted by Gasteiger charge is 2.30. The zero-order chi connectivity index (χ0) is 16.1. The number of hydrogen-bond acceptors (Lipinski definition) is 3. The third-order valence-electron chi connectivity index (χ3n) is 4.35. The molecule has 0 spiro atoms. The molecule has 1 aromatic rings. The first kappa shape index (κ1) is 17.0. The van der Waals surface area contributed by atoms with E-state index in [4.69, 9.17) is 0 Å². The van der Waals surface area contributed by atoms with Crippen LogP contribution in [0.1, 0.15) is 36.8 Å². The van der Waals surface area contributed by atoms with E-state index in [1.165, 1.54) is 0 Å². The van der Waals surface area contributed by atoms with Gasteiger partial charge in [-0.1, -0.05) is 18.2 Å². The Balaban J connectivity index is 1.69. The highest BCUT2D eigenvalue weighted by molar-refractivity contribution is 5.92. The Kier molecular flexibility index (Phi) is 5.98. The van der Waals surface area contributed by atoms with Gasteiger partial charge in [-0.25, -0.2) is 0 Å². The molecule has 1 unspecified atom stereocenters. The fourth-order valence-electron chi connectivity index (χ4n) is 2.76. The molecule has 122 valence electrons. The van der Waals surface area contributed by atoms with Crippen LogP contribution < -0.4 is 5.32 Å². The van der Waals surface area contributed by atoms with Crippen LogP contribution in [-0.2, 0) is 4.79 Å². The van der Waals surface area contributed by atoms with Crippen LogP contribution in [0.5, 0.6) is 0 Å². The molecule has 0 aliphatic heterocycles. The first-order chi connectivity index (χ1) is 10.5. The van der Waals surface area contributed by atoms with Gasteiger partial charge in [-0.2, -0.15) is 0 Å². The van der Waals surface area contributed by atoms with Gasteiger partial charge in [-0.3, -0.25) is 4.79 Å². The van der Waals surface area contributed by atoms with Gasteiger partial charge in [-0.15, -0.1) is 0 Å². The number of hydrogen-bond donors (Lipinski definition) is 2. The lowest BCUT2D eigenvalue weighted by atomic mass is 10.1. The highest BCUT2D eigenvalue weighted by Crippen LogP contribution is 2.32. The predicted molar refractivity (Wildman–Crippen MR) is 90.0 cm³/mol. The second-order valence-electron chi connectivity index (χ2n) is 6.59. The molecule has 1 aromatic carbocycles. The molecule has 1 amide bonds. The smallest absolute Gasteiger partial charge is 0.224 e. The summed E-state index contributed by atoms with van der Waals surface area (Å²) >= 11 is 0. The molecule has 2 N–H and O–H groups in total. The van der Waals surface area contributed by atoms with E-state index in [0.29, 0.717) is 18.9 Å². The maximum atomic E-state index is 12.1. The number of benzene rings is 1. The van der Waals surface area contributed by atoms with Gasteiger partial charge in [0.25, 0.3) is 0 Å². The Hall–Kier alpha value is -1.39. The van der Waals surface area contributed by atoms with Gasteiger partial charge in [0.2, 0.25) is 5.91 Å². The average molecular weight is 304 g/mol. The van der Waals surface area contributed by atoms with Gasteiger partial charge in [0.1, 0.15) is 0 Å². The van der Waals surface area contributed by atoms with Crippen LogP contribution in [-0.4, -0.2) is 42.2 Å². The first-order valence-electron chi connectivity index (χ1n) is 8.20. The predicted octanol–water partition coefficient (Wildman–Crippen LogP) is 2.72. The third kappa shape index (κ3) is 5.11. The van der Waals surface area contributed by atoms with Gasteiger partial charge in [0.05, 0.1) is 6.10 Å². The molecule has 0 heterocycles. The standard InChI is InChI=1S/C18H28N2O2/c1-13-6-4-7-14(2)18(13)19-17(22)8-5-11-20(3)12-16(21)15-9-10-15/h4,6-7,15-16,21H,5,8-12H2,1-3H3,(H,19,22). The summed E-state index contributed by atoms with van der Waals surface area (Å²) in [6.45, 7) is 5.57. The van der Waals surface area contributed by atoms with Crippen molar-refractivity contribution in [3.63, 3.8) is 0 Å². The summed E-state index contributed by atoms with van der Waals surface area (Å²) in [4.78, 5) is 14.2. The second kappa shape index (κ2) is 7.75. The number of aryl methyl sites for hydroxylation is 2. The quantitative estimate of drug-likeness (QED) is 0.776.